The molecule has 4 heteroatoms. The predicted molar refractivity (Wildman–Crippen MR) is 71.2 cm³/mol. The van der Waals surface area contributed by atoms with Gasteiger partial charge in [0.2, 0.25) is 11.8 Å². The van der Waals surface area contributed by atoms with Crippen LogP contribution in [-0.2, 0) is 9.59 Å². The number of rotatable bonds is 3. The Morgan fingerprint density at radius 1 is 1.17 bits per heavy atom. The van der Waals surface area contributed by atoms with Crippen LogP contribution in [0.4, 0.5) is 11.4 Å². The van der Waals surface area contributed by atoms with E-state index in [2.05, 4.69) is 17.2 Å². The van der Waals surface area contributed by atoms with Crippen molar-refractivity contribution in [2.45, 2.75) is 19.8 Å². The maximum atomic E-state index is 12.3. The van der Waals surface area contributed by atoms with Gasteiger partial charge in [0, 0.05) is 0 Å². The topological polar surface area (TPSA) is 58.2 Å². The molecule has 0 atom stereocenters. The normalized spacial score (nSPS) is 17.2. The van der Waals surface area contributed by atoms with Crippen LogP contribution in [0.15, 0.2) is 36.9 Å². The van der Waals surface area contributed by atoms with Gasteiger partial charge >= 0.3 is 0 Å². The van der Waals surface area contributed by atoms with Crippen LogP contribution >= 0.6 is 0 Å². The average molecular weight is 244 g/mol. The maximum absolute atomic E-state index is 12.3. The van der Waals surface area contributed by atoms with Gasteiger partial charge < -0.3 is 10.6 Å². The molecule has 4 nitrogen and oxygen atoms in total. The third-order valence-electron chi connectivity index (χ3n) is 3.39. The molecule has 1 aromatic carbocycles. The van der Waals surface area contributed by atoms with E-state index in [1.807, 2.05) is 19.1 Å². The molecule has 1 heterocycles. The van der Waals surface area contributed by atoms with Crippen LogP contribution in [0.5, 0.6) is 0 Å². The summed E-state index contributed by atoms with van der Waals surface area (Å²) in [6.45, 7) is 5.47. The number of nitrogens with one attached hydrogen (secondary N) is 2. The third-order valence-corrected chi connectivity index (χ3v) is 3.39. The molecule has 0 spiro atoms. The van der Waals surface area contributed by atoms with E-state index in [0.717, 1.165) is 0 Å². The zero-order valence-electron chi connectivity index (χ0n) is 10.3. The molecule has 0 saturated carbocycles. The smallest absolute Gasteiger partial charge is 0.240 e. The summed E-state index contributed by atoms with van der Waals surface area (Å²) in [6.07, 6.45) is 2.37. The number of carbonyl (C=O) groups excluding carboxylic acids is 2. The Morgan fingerprint density at radius 3 is 2.06 bits per heavy atom. The van der Waals surface area contributed by atoms with E-state index < -0.39 is 5.41 Å². The van der Waals surface area contributed by atoms with E-state index >= 15 is 0 Å². The number of fused-ring (bicyclic) bond motifs is 1. The van der Waals surface area contributed by atoms with Gasteiger partial charge in [-0.2, -0.15) is 0 Å². The van der Waals surface area contributed by atoms with Gasteiger partial charge in [0.05, 0.1) is 11.4 Å². The predicted octanol–water partition coefficient (Wildman–Crippen LogP) is 2.55. The van der Waals surface area contributed by atoms with E-state index in [-0.39, 0.29) is 11.8 Å². The van der Waals surface area contributed by atoms with E-state index in [9.17, 15) is 9.59 Å². The highest BCUT2D eigenvalue weighted by Gasteiger charge is 2.45. The average Bonchev–Trinajstić information content (AvgIpc) is 2.47. The summed E-state index contributed by atoms with van der Waals surface area (Å²) in [7, 11) is 0. The van der Waals surface area contributed by atoms with Gasteiger partial charge in [0.15, 0.2) is 0 Å². The number of hydrogen-bond acceptors (Lipinski definition) is 2. The lowest BCUT2D eigenvalue weighted by atomic mass is 9.80. The molecule has 0 aliphatic carbocycles. The SMILES string of the molecule is C=CCC1(CC)C(=O)Nc2ccccc2NC1=O. The molecule has 2 amide bonds. The molecule has 1 aromatic rings. The van der Waals surface area contributed by atoms with Crippen molar-refractivity contribution >= 4 is 23.2 Å². The minimum Gasteiger partial charge on any atom is -0.323 e. The number of allylic oxidation sites excluding steroid dienone is 1. The quantitative estimate of drug-likeness (QED) is 0.634. The molecular weight excluding hydrogens is 228 g/mol. The number of benzene rings is 1. The van der Waals surface area contributed by atoms with Gasteiger partial charge in [-0.25, -0.2) is 0 Å². The van der Waals surface area contributed by atoms with Crippen LogP contribution in [0.1, 0.15) is 19.8 Å². The first kappa shape index (κ1) is 12.4. The number of anilines is 2. The highest BCUT2D eigenvalue weighted by atomic mass is 16.2. The van der Waals surface area contributed by atoms with E-state index in [1.165, 1.54) is 0 Å². The molecule has 1 aliphatic heterocycles. The number of amides is 2. The molecule has 2 rings (SSSR count). The second-order valence-corrected chi connectivity index (χ2v) is 4.38. The lowest BCUT2D eigenvalue weighted by Gasteiger charge is -2.25. The fourth-order valence-corrected chi connectivity index (χ4v) is 2.19. The van der Waals surface area contributed by atoms with Crippen molar-refractivity contribution in [2.24, 2.45) is 5.41 Å². The number of carbonyl (C=O) groups is 2. The Morgan fingerprint density at radius 2 is 1.67 bits per heavy atom. The summed E-state index contributed by atoms with van der Waals surface area (Å²) in [5.74, 6) is -0.542. The van der Waals surface area contributed by atoms with E-state index in [0.29, 0.717) is 24.2 Å². The van der Waals surface area contributed by atoms with Gasteiger partial charge in [-0.1, -0.05) is 25.1 Å². The summed E-state index contributed by atoms with van der Waals surface area (Å²) < 4.78 is 0. The minimum absolute atomic E-state index is 0.271. The molecule has 94 valence electrons. The Hall–Kier alpha value is -2.10. The van der Waals surface area contributed by atoms with Crippen molar-refractivity contribution in [3.8, 4) is 0 Å². The minimum atomic E-state index is -1.07. The zero-order valence-corrected chi connectivity index (χ0v) is 10.3. The fourth-order valence-electron chi connectivity index (χ4n) is 2.19. The van der Waals surface area contributed by atoms with Gasteiger partial charge in [-0.3, -0.25) is 9.59 Å². The first-order chi connectivity index (χ1) is 8.64. The van der Waals surface area contributed by atoms with Gasteiger partial charge in [0.25, 0.3) is 0 Å². The van der Waals surface area contributed by atoms with E-state index in [1.54, 1.807) is 18.2 Å². The van der Waals surface area contributed by atoms with Crippen molar-refractivity contribution < 1.29 is 9.59 Å². The zero-order chi connectivity index (χ0) is 13.2. The van der Waals surface area contributed by atoms with Crippen molar-refractivity contribution in [1.29, 1.82) is 0 Å². The Bertz CT molecular complexity index is 471. The lowest BCUT2D eigenvalue weighted by Crippen LogP contribution is -2.43. The van der Waals surface area contributed by atoms with Crippen LogP contribution < -0.4 is 10.6 Å². The summed E-state index contributed by atoms with van der Waals surface area (Å²) >= 11 is 0. The van der Waals surface area contributed by atoms with Gasteiger partial charge in [-0.05, 0) is 25.0 Å². The summed E-state index contributed by atoms with van der Waals surface area (Å²) in [5.41, 5.74) is 0.200. The standard InChI is InChI=1S/C14H16N2O2/c1-3-9-14(4-2)12(17)15-10-7-5-6-8-11(10)16-13(14)18/h3,5-8H,1,4,9H2,2H3,(H,15,17)(H,16,18). The van der Waals surface area contributed by atoms with Crippen molar-refractivity contribution in [3.63, 3.8) is 0 Å². The van der Waals surface area contributed by atoms with Crippen molar-refractivity contribution in [3.05, 3.63) is 36.9 Å². The summed E-state index contributed by atoms with van der Waals surface area (Å²) in [5, 5.41) is 5.62. The van der Waals surface area contributed by atoms with Crippen LogP contribution in [0.2, 0.25) is 0 Å². The Kier molecular flexibility index (Phi) is 3.19. The molecule has 0 fully saturated rings. The molecule has 0 aromatic heterocycles. The Balaban J connectivity index is 2.47. The highest BCUT2D eigenvalue weighted by molar-refractivity contribution is 6.18. The van der Waals surface area contributed by atoms with Crippen LogP contribution in [0.25, 0.3) is 0 Å². The molecule has 1 aliphatic rings. The number of para-hydroxylation sites is 2. The lowest BCUT2D eigenvalue weighted by molar-refractivity contribution is -0.137. The molecule has 2 N–H and O–H groups in total. The molecule has 0 saturated heterocycles. The largest absolute Gasteiger partial charge is 0.323 e. The first-order valence-electron chi connectivity index (χ1n) is 5.97. The molecule has 0 bridgehead atoms. The maximum Gasteiger partial charge on any atom is 0.240 e. The second-order valence-electron chi connectivity index (χ2n) is 4.38. The van der Waals surface area contributed by atoms with Crippen LogP contribution in [-0.4, -0.2) is 11.8 Å². The van der Waals surface area contributed by atoms with Crippen LogP contribution in [0, 0.1) is 5.41 Å². The molecule has 0 unspecified atom stereocenters. The van der Waals surface area contributed by atoms with Crippen molar-refractivity contribution in [2.75, 3.05) is 10.6 Å². The molecular formula is C14H16N2O2. The van der Waals surface area contributed by atoms with Crippen LogP contribution in [0.3, 0.4) is 0 Å². The third kappa shape index (κ3) is 1.79. The van der Waals surface area contributed by atoms with Gasteiger partial charge in [0.1, 0.15) is 5.41 Å². The number of hydrogen-bond donors (Lipinski definition) is 2. The second kappa shape index (κ2) is 4.64. The highest BCUT2D eigenvalue weighted by Crippen LogP contribution is 2.35. The fraction of sp³-hybridized carbons (Fsp3) is 0.286. The van der Waals surface area contributed by atoms with E-state index in [4.69, 9.17) is 0 Å². The molecule has 18 heavy (non-hydrogen) atoms. The van der Waals surface area contributed by atoms with Gasteiger partial charge in [-0.15, -0.1) is 6.58 Å². The Labute approximate surface area is 106 Å². The molecule has 0 radical (unpaired) electrons. The summed E-state index contributed by atoms with van der Waals surface area (Å²) in [4.78, 5) is 24.6. The monoisotopic (exact) mass is 244 g/mol. The first-order valence-corrected chi connectivity index (χ1v) is 5.97. The van der Waals surface area contributed by atoms with Crippen molar-refractivity contribution in [1.82, 2.24) is 0 Å². The summed E-state index contributed by atoms with van der Waals surface area (Å²) in [6, 6.07) is 7.18.